The molecule has 1 amide bonds. The highest BCUT2D eigenvalue weighted by Crippen LogP contribution is 2.35. The van der Waals surface area contributed by atoms with Crippen LogP contribution >= 0.6 is 22.9 Å². The molecule has 140 valence electrons. The van der Waals surface area contributed by atoms with Crippen molar-refractivity contribution < 1.29 is 9.53 Å². The smallest absolute Gasteiger partial charge is 0.264 e. The highest BCUT2D eigenvalue weighted by Gasteiger charge is 2.22. The Morgan fingerprint density at radius 1 is 1.21 bits per heavy atom. The molecule has 1 aliphatic heterocycles. The van der Waals surface area contributed by atoms with Crippen LogP contribution < -0.4 is 15.0 Å². The average molecular weight is 412 g/mol. The molecule has 0 aliphatic carbocycles. The van der Waals surface area contributed by atoms with Gasteiger partial charge in [-0.15, -0.1) is 5.10 Å². The van der Waals surface area contributed by atoms with Gasteiger partial charge in [-0.25, -0.2) is 9.50 Å². The third-order valence-electron chi connectivity index (χ3n) is 4.48. The molecule has 5 rings (SSSR count). The summed E-state index contributed by atoms with van der Waals surface area (Å²) in [7, 11) is 1.74. The summed E-state index contributed by atoms with van der Waals surface area (Å²) >= 11 is 7.38. The molecule has 0 saturated heterocycles. The van der Waals surface area contributed by atoms with E-state index in [2.05, 4.69) is 15.4 Å². The number of anilines is 3. The molecular weight excluding hydrogens is 398 g/mol. The van der Waals surface area contributed by atoms with Gasteiger partial charge in [-0.05, 0) is 30.3 Å². The molecule has 0 fully saturated rings. The van der Waals surface area contributed by atoms with Crippen LogP contribution in [0.4, 0.5) is 16.5 Å². The van der Waals surface area contributed by atoms with Crippen LogP contribution in [0.1, 0.15) is 0 Å². The number of nitrogens with zero attached hydrogens (tertiary/aromatic N) is 4. The van der Waals surface area contributed by atoms with Crippen molar-refractivity contribution in [3.05, 3.63) is 53.7 Å². The second kappa shape index (κ2) is 6.50. The quantitative estimate of drug-likeness (QED) is 0.546. The fourth-order valence-electron chi connectivity index (χ4n) is 2.98. The predicted molar refractivity (Wildman–Crippen MR) is 110 cm³/mol. The van der Waals surface area contributed by atoms with Crippen molar-refractivity contribution in [1.29, 1.82) is 0 Å². The minimum Gasteiger partial charge on any atom is -0.482 e. The summed E-state index contributed by atoms with van der Waals surface area (Å²) in [5.74, 6) is 0.612. The minimum atomic E-state index is -0.0768. The van der Waals surface area contributed by atoms with Gasteiger partial charge in [0.25, 0.3) is 5.91 Å². The molecule has 3 heterocycles. The Balaban J connectivity index is 1.41. The van der Waals surface area contributed by atoms with Crippen LogP contribution in [0.5, 0.6) is 5.75 Å². The van der Waals surface area contributed by atoms with Gasteiger partial charge in [0.05, 0.1) is 17.6 Å². The lowest BCUT2D eigenvalue weighted by atomic mass is 10.2. The first-order valence-electron chi connectivity index (χ1n) is 8.49. The number of imidazole rings is 1. The molecule has 0 radical (unpaired) electrons. The van der Waals surface area contributed by atoms with Crippen molar-refractivity contribution >= 4 is 50.3 Å². The average Bonchev–Trinajstić information content (AvgIpc) is 3.24. The summed E-state index contributed by atoms with van der Waals surface area (Å²) in [4.78, 5) is 18.8. The second-order valence-electron chi connectivity index (χ2n) is 6.32. The van der Waals surface area contributed by atoms with E-state index in [4.69, 9.17) is 16.3 Å². The van der Waals surface area contributed by atoms with E-state index in [-0.39, 0.29) is 12.5 Å². The van der Waals surface area contributed by atoms with E-state index in [0.29, 0.717) is 15.9 Å². The molecule has 4 aromatic rings. The molecule has 0 unspecified atom stereocenters. The van der Waals surface area contributed by atoms with Crippen LogP contribution in [0.3, 0.4) is 0 Å². The van der Waals surface area contributed by atoms with Crippen molar-refractivity contribution in [2.45, 2.75) is 0 Å². The third-order valence-corrected chi connectivity index (χ3v) is 5.57. The van der Waals surface area contributed by atoms with Crippen molar-refractivity contribution in [3.63, 3.8) is 0 Å². The summed E-state index contributed by atoms with van der Waals surface area (Å²) in [6.45, 7) is 0.0654. The zero-order valence-corrected chi connectivity index (χ0v) is 16.3. The standard InChI is InChI=1S/C19H14ClN5O2S/c1-24-15-8-13(6-7-16(15)27-10-17(24)26)21-18-23-25-9-14(22-19(25)28-18)11-2-4-12(20)5-3-11/h2-9H,10H2,1H3,(H,21,23). The number of likely N-dealkylation sites (N-methyl/N-ethyl adjacent to an activating group) is 1. The number of amides is 1. The molecule has 7 nitrogen and oxygen atoms in total. The van der Waals surface area contributed by atoms with Crippen LogP contribution in [0, 0.1) is 0 Å². The Labute approximate surface area is 169 Å². The molecule has 0 atom stereocenters. The summed E-state index contributed by atoms with van der Waals surface area (Å²) in [5, 5.41) is 9.21. The molecular formula is C19H14ClN5O2S. The first kappa shape index (κ1) is 17.0. The zero-order valence-electron chi connectivity index (χ0n) is 14.7. The van der Waals surface area contributed by atoms with Gasteiger partial charge < -0.3 is 15.0 Å². The lowest BCUT2D eigenvalue weighted by molar-refractivity contribution is -0.120. The Morgan fingerprint density at radius 3 is 2.82 bits per heavy atom. The van der Waals surface area contributed by atoms with Gasteiger partial charge in [0.15, 0.2) is 6.61 Å². The topological polar surface area (TPSA) is 71.8 Å². The van der Waals surface area contributed by atoms with E-state index in [1.165, 1.54) is 11.3 Å². The minimum absolute atomic E-state index is 0.0654. The summed E-state index contributed by atoms with van der Waals surface area (Å²) in [6.07, 6.45) is 1.88. The van der Waals surface area contributed by atoms with E-state index in [1.807, 2.05) is 48.7 Å². The molecule has 28 heavy (non-hydrogen) atoms. The number of fused-ring (bicyclic) bond motifs is 2. The van der Waals surface area contributed by atoms with Crippen molar-refractivity contribution in [2.75, 3.05) is 23.9 Å². The number of hydrogen-bond donors (Lipinski definition) is 1. The Hall–Kier alpha value is -3.10. The van der Waals surface area contributed by atoms with E-state index < -0.39 is 0 Å². The van der Waals surface area contributed by atoms with E-state index in [0.717, 1.165) is 27.6 Å². The highest BCUT2D eigenvalue weighted by molar-refractivity contribution is 7.20. The Morgan fingerprint density at radius 2 is 2.04 bits per heavy atom. The number of carbonyl (C=O) groups is 1. The van der Waals surface area contributed by atoms with E-state index >= 15 is 0 Å². The number of benzene rings is 2. The molecule has 1 aliphatic rings. The largest absolute Gasteiger partial charge is 0.482 e. The monoisotopic (exact) mass is 411 g/mol. The lowest BCUT2D eigenvalue weighted by Gasteiger charge is -2.26. The van der Waals surface area contributed by atoms with Gasteiger partial charge in [-0.1, -0.05) is 35.1 Å². The number of ether oxygens (including phenoxy) is 1. The zero-order chi connectivity index (χ0) is 19.3. The first-order valence-corrected chi connectivity index (χ1v) is 9.69. The van der Waals surface area contributed by atoms with E-state index in [1.54, 1.807) is 16.5 Å². The van der Waals surface area contributed by atoms with Crippen LogP contribution in [-0.2, 0) is 4.79 Å². The maximum Gasteiger partial charge on any atom is 0.264 e. The van der Waals surface area contributed by atoms with Crippen molar-refractivity contribution in [2.24, 2.45) is 0 Å². The number of aromatic nitrogens is 3. The highest BCUT2D eigenvalue weighted by atomic mass is 35.5. The Kier molecular flexibility index (Phi) is 3.96. The number of rotatable bonds is 3. The normalized spacial score (nSPS) is 13.5. The molecule has 2 aromatic carbocycles. The van der Waals surface area contributed by atoms with Gasteiger partial charge in [-0.2, -0.15) is 0 Å². The van der Waals surface area contributed by atoms with Crippen LogP contribution in [0.2, 0.25) is 5.02 Å². The summed E-state index contributed by atoms with van der Waals surface area (Å²) < 4.78 is 7.20. The molecule has 0 spiro atoms. The summed E-state index contributed by atoms with van der Waals surface area (Å²) in [5.41, 5.74) is 3.37. The van der Waals surface area contributed by atoms with Crippen LogP contribution in [-0.4, -0.2) is 34.2 Å². The van der Waals surface area contributed by atoms with E-state index in [9.17, 15) is 4.79 Å². The predicted octanol–water partition coefficient (Wildman–Crippen LogP) is 4.21. The number of carbonyl (C=O) groups excluding carboxylic acids is 1. The van der Waals surface area contributed by atoms with Gasteiger partial charge in [0, 0.05) is 23.3 Å². The maximum absolute atomic E-state index is 11.8. The summed E-state index contributed by atoms with van der Waals surface area (Å²) in [6, 6.07) is 13.2. The molecule has 9 heteroatoms. The van der Waals surface area contributed by atoms with Gasteiger partial charge in [-0.3, -0.25) is 4.79 Å². The molecule has 0 saturated carbocycles. The van der Waals surface area contributed by atoms with Crippen LogP contribution in [0.15, 0.2) is 48.7 Å². The number of nitrogens with one attached hydrogen (secondary N) is 1. The lowest BCUT2D eigenvalue weighted by Crippen LogP contribution is -2.35. The fraction of sp³-hybridized carbons (Fsp3) is 0.105. The number of halogens is 1. The maximum atomic E-state index is 11.8. The van der Waals surface area contributed by atoms with Crippen molar-refractivity contribution in [3.8, 4) is 17.0 Å². The third kappa shape index (κ3) is 2.96. The van der Waals surface area contributed by atoms with Crippen LogP contribution in [0.25, 0.3) is 16.2 Å². The second-order valence-corrected chi connectivity index (χ2v) is 7.71. The van der Waals surface area contributed by atoms with Gasteiger partial charge in [0.1, 0.15) is 5.75 Å². The SMILES string of the molecule is CN1C(=O)COc2ccc(Nc3nn4cc(-c5ccc(Cl)cc5)nc4s3)cc21. The van der Waals surface area contributed by atoms with Gasteiger partial charge >= 0.3 is 0 Å². The number of hydrogen-bond acceptors (Lipinski definition) is 6. The molecule has 0 bridgehead atoms. The van der Waals surface area contributed by atoms with Crippen molar-refractivity contribution in [1.82, 2.24) is 14.6 Å². The Bertz CT molecular complexity index is 1170. The molecule has 2 aromatic heterocycles. The first-order chi connectivity index (χ1) is 13.6. The van der Waals surface area contributed by atoms with Gasteiger partial charge in [0.2, 0.25) is 10.1 Å². The molecule has 1 N–H and O–H groups in total. The fourth-order valence-corrected chi connectivity index (χ4v) is 3.91.